The minimum absolute atomic E-state index is 0.130. The van der Waals surface area contributed by atoms with Crippen LogP contribution in [0.3, 0.4) is 0 Å². The van der Waals surface area contributed by atoms with Crippen molar-refractivity contribution in [2.75, 3.05) is 19.6 Å². The predicted octanol–water partition coefficient (Wildman–Crippen LogP) is 5.06. The molecule has 1 aliphatic rings. The van der Waals surface area contributed by atoms with E-state index in [1.165, 1.54) is 11.6 Å². The fourth-order valence-corrected chi connectivity index (χ4v) is 6.08. The highest BCUT2D eigenvalue weighted by atomic mass is 32.1. The second-order valence-electron chi connectivity index (χ2n) is 10.2. The van der Waals surface area contributed by atoms with E-state index in [1.54, 1.807) is 18.3 Å². The van der Waals surface area contributed by atoms with Crippen LogP contribution in [0.4, 0.5) is 0 Å². The zero-order chi connectivity index (χ0) is 27.2. The Bertz CT molecular complexity index is 1460. The van der Waals surface area contributed by atoms with E-state index < -0.39 is 10.8 Å². The largest absolute Gasteiger partial charge is 0.502 e. The fourth-order valence-electron chi connectivity index (χ4n) is 5.27. The molecule has 4 aromatic rings. The number of nitrogens with one attached hydrogen (secondary N) is 1. The Hall–Kier alpha value is -3.75. The molecule has 0 bridgehead atoms. The first kappa shape index (κ1) is 26.8. The van der Waals surface area contributed by atoms with E-state index in [0.717, 1.165) is 35.9 Å². The summed E-state index contributed by atoms with van der Waals surface area (Å²) in [5, 5.41) is 16.7. The number of aromatic hydroxyl groups is 1. The Morgan fingerprint density at radius 3 is 2.51 bits per heavy atom. The Labute approximate surface area is 232 Å². The first-order chi connectivity index (χ1) is 18.9. The number of rotatable bonds is 9. The molecule has 0 unspecified atom stereocenters. The van der Waals surface area contributed by atoms with E-state index in [1.807, 2.05) is 53.9 Å². The molecular weight excluding hydrogens is 510 g/mol. The van der Waals surface area contributed by atoms with Crippen molar-refractivity contribution in [1.82, 2.24) is 15.2 Å². The van der Waals surface area contributed by atoms with Crippen molar-refractivity contribution in [2.24, 2.45) is 0 Å². The quantitative estimate of drug-likeness (QED) is 0.306. The van der Waals surface area contributed by atoms with Crippen molar-refractivity contribution in [3.63, 3.8) is 0 Å². The number of nitrogens with zero attached hydrogens (tertiary/aromatic N) is 2. The van der Waals surface area contributed by atoms with Crippen LogP contribution in [0.25, 0.3) is 11.3 Å². The monoisotopic (exact) mass is 543 g/mol. The lowest BCUT2D eigenvalue weighted by atomic mass is 9.72. The number of aromatic nitrogens is 1. The van der Waals surface area contributed by atoms with Crippen LogP contribution in [0.1, 0.15) is 41.4 Å². The van der Waals surface area contributed by atoms with Crippen LogP contribution in [0.5, 0.6) is 5.75 Å². The normalized spacial score (nSPS) is 15.2. The molecule has 2 aromatic carbocycles. The zero-order valence-corrected chi connectivity index (χ0v) is 22.9. The van der Waals surface area contributed by atoms with Gasteiger partial charge in [-0.2, -0.15) is 0 Å². The molecule has 0 spiro atoms. The number of hydrogen-bond donors (Lipinski definition) is 2. The van der Waals surface area contributed by atoms with Gasteiger partial charge in [-0.3, -0.25) is 14.5 Å². The highest BCUT2D eigenvalue weighted by Gasteiger charge is 2.43. The second-order valence-corrected chi connectivity index (χ2v) is 11.2. The van der Waals surface area contributed by atoms with Gasteiger partial charge >= 0.3 is 0 Å². The highest BCUT2D eigenvalue weighted by molar-refractivity contribution is 7.09. The fraction of sp³-hybridized carbons (Fsp3) is 0.323. The number of carbonyl (C=O) groups excluding carboxylic acids is 1. The molecule has 3 heterocycles. The average molecular weight is 544 g/mol. The molecule has 7 nitrogen and oxygen atoms in total. The van der Waals surface area contributed by atoms with E-state index >= 15 is 0 Å². The summed E-state index contributed by atoms with van der Waals surface area (Å²) in [5.74, 6) is 0.141. The Balaban J connectivity index is 1.25. The molecule has 0 saturated carbocycles. The van der Waals surface area contributed by atoms with Crippen LogP contribution in [0.2, 0.25) is 0 Å². The molecule has 1 fully saturated rings. The Morgan fingerprint density at radius 1 is 1.10 bits per heavy atom. The summed E-state index contributed by atoms with van der Waals surface area (Å²) in [7, 11) is 0. The van der Waals surface area contributed by atoms with Crippen molar-refractivity contribution in [1.29, 1.82) is 0 Å². The maximum Gasteiger partial charge on any atom is 0.227 e. The van der Waals surface area contributed by atoms with Gasteiger partial charge in [-0.25, -0.2) is 4.98 Å². The number of thiazole rings is 1. The van der Waals surface area contributed by atoms with E-state index in [-0.39, 0.29) is 23.8 Å². The number of amides is 1. The molecule has 0 radical (unpaired) electrons. The van der Waals surface area contributed by atoms with Crippen molar-refractivity contribution in [3.05, 3.63) is 104 Å². The molecule has 0 aliphatic carbocycles. The van der Waals surface area contributed by atoms with Gasteiger partial charge < -0.3 is 14.8 Å². The van der Waals surface area contributed by atoms with Crippen molar-refractivity contribution in [3.8, 4) is 17.0 Å². The third-order valence-electron chi connectivity index (χ3n) is 7.37. The molecule has 2 aromatic heterocycles. The smallest absolute Gasteiger partial charge is 0.227 e. The van der Waals surface area contributed by atoms with E-state index in [0.29, 0.717) is 31.6 Å². The predicted molar refractivity (Wildman–Crippen MR) is 153 cm³/mol. The van der Waals surface area contributed by atoms with Gasteiger partial charge in [0.15, 0.2) is 5.76 Å². The minimum atomic E-state index is -0.756. The molecule has 2 N–H and O–H groups in total. The van der Waals surface area contributed by atoms with Crippen molar-refractivity contribution >= 4 is 17.2 Å². The lowest BCUT2D eigenvalue weighted by molar-refractivity contribution is -0.123. The van der Waals surface area contributed by atoms with Gasteiger partial charge in [-0.05, 0) is 38.4 Å². The van der Waals surface area contributed by atoms with Crippen molar-refractivity contribution in [2.45, 2.75) is 44.6 Å². The molecule has 202 valence electrons. The summed E-state index contributed by atoms with van der Waals surface area (Å²) in [6.45, 7) is 4.41. The van der Waals surface area contributed by atoms with Gasteiger partial charge in [0.25, 0.3) is 0 Å². The standard InChI is InChI=1S/C31H33N3O4S/c1-22-18-26(35)29(37)30(38-22)31(13-16-34(17-14-31)20-23-8-4-2-5-9-23)19-27(36)32-15-12-28-33-25(21-39-28)24-10-6-3-7-11-24/h2-11,18,21,37H,12-17,19-20H2,1H3,(H,32,36). The topological polar surface area (TPSA) is 95.7 Å². The molecular formula is C31H33N3O4S. The van der Waals surface area contributed by atoms with Gasteiger partial charge in [-0.1, -0.05) is 60.7 Å². The van der Waals surface area contributed by atoms with E-state index in [2.05, 4.69) is 22.3 Å². The number of aryl methyl sites for hydroxylation is 1. The summed E-state index contributed by atoms with van der Waals surface area (Å²) >= 11 is 1.58. The Kier molecular flexibility index (Phi) is 8.24. The molecule has 39 heavy (non-hydrogen) atoms. The molecule has 1 aliphatic heterocycles. The first-order valence-electron chi connectivity index (χ1n) is 13.3. The van der Waals surface area contributed by atoms with Crippen LogP contribution < -0.4 is 10.7 Å². The molecule has 1 amide bonds. The molecule has 5 rings (SSSR count). The summed E-state index contributed by atoms with van der Waals surface area (Å²) in [5.41, 5.74) is 2.01. The average Bonchev–Trinajstić information content (AvgIpc) is 3.42. The number of benzene rings is 2. The van der Waals surface area contributed by atoms with E-state index in [9.17, 15) is 14.7 Å². The van der Waals surface area contributed by atoms with Gasteiger partial charge in [0.2, 0.25) is 17.1 Å². The van der Waals surface area contributed by atoms with Gasteiger partial charge in [0.1, 0.15) is 5.76 Å². The van der Waals surface area contributed by atoms with Gasteiger partial charge in [0.05, 0.1) is 10.7 Å². The van der Waals surface area contributed by atoms with Crippen LogP contribution in [-0.2, 0) is 23.2 Å². The van der Waals surface area contributed by atoms with Crippen molar-refractivity contribution < 1.29 is 14.3 Å². The Morgan fingerprint density at radius 2 is 1.79 bits per heavy atom. The minimum Gasteiger partial charge on any atom is -0.502 e. The van der Waals surface area contributed by atoms with Crippen LogP contribution in [0, 0.1) is 6.92 Å². The molecule has 8 heteroatoms. The SMILES string of the molecule is Cc1cc(=O)c(O)c(C2(CC(=O)NCCc3nc(-c4ccccc4)cs3)CCN(Cc3ccccc3)CC2)o1. The second kappa shape index (κ2) is 12.0. The lowest BCUT2D eigenvalue weighted by Crippen LogP contribution is -2.45. The maximum atomic E-state index is 13.2. The number of carbonyl (C=O) groups is 1. The van der Waals surface area contributed by atoms with Gasteiger partial charge in [-0.15, -0.1) is 11.3 Å². The zero-order valence-electron chi connectivity index (χ0n) is 22.1. The van der Waals surface area contributed by atoms with Gasteiger partial charge in [0, 0.05) is 48.4 Å². The number of piperidine rings is 1. The van der Waals surface area contributed by atoms with E-state index in [4.69, 9.17) is 9.40 Å². The third kappa shape index (κ3) is 6.46. The highest BCUT2D eigenvalue weighted by Crippen LogP contribution is 2.42. The summed E-state index contributed by atoms with van der Waals surface area (Å²) in [6, 6.07) is 21.6. The van der Waals surface area contributed by atoms with Crippen LogP contribution >= 0.6 is 11.3 Å². The van der Waals surface area contributed by atoms with Crippen LogP contribution in [0.15, 0.2) is 81.3 Å². The third-order valence-corrected chi connectivity index (χ3v) is 8.28. The molecule has 1 saturated heterocycles. The molecule has 0 atom stereocenters. The van der Waals surface area contributed by atoms with Crippen LogP contribution in [-0.4, -0.2) is 40.5 Å². The maximum absolute atomic E-state index is 13.2. The summed E-state index contributed by atoms with van der Waals surface area (Å²) < 4.78 is 5.95. The summed E-state index contributed by atoms with van der Waals surface area (Å²) in [4.78, 5) is 32.7. The first-order valence-corrected chi connectivity index (χ1v) is 14.2. The number of likely N-dealkylation sites (tertiary alicyclic amines) is 1. The summed E-state index contributed by atoms with van der Waals surface area (Å²) in [6.07, 6.45) is 1.96. The lowest BCUT2D eigenvalue weighted by Gasteiger charge is -2.41. The number of hydrogen-bond acceptors (Lipinski definition) is 7.